The van der Waals surface area contributed by atoms with Crippen molar-refractivity contribution in [2.24, 2.45) is 0 Å². The fourth-order valence-electron chi connectivity index (χ4n) is 1.47. The van der Waals surface area contributed by atoms with Crippen LogP contribution in [0.5, 0.6) is 0 Å². The van der Waals surface area contributed by atoms with E-state index in [2.05, 4.69) is 15.0 Å². The number of imidazole rings is 1. The van der Waals surface area contributed by atoms with Crippen molar-refractivity contribution in [3.63, 3.8) is 0 Å². The number of thioether (sulfide) groups is 1. The molecule has 2 aromatic heterocycles. The highest BCUT2D eigenvalue weighted by atomic mass is 32.2. The van der Waals surface area contributed by atoms with E-state index in [0.29, 0.717) is 11.5 Å². The van der Waals surface area contributed by atoms with Crippen molar-refractivity contribution in [1.82, 2.24) is 15.0 Å². The Hall–Kier alpha value is -1.82. The van der Waals surface area contributed by atoms with E-state index in [-0.39, 0.29) is 5.69 Å². The molecule has 0 atom stereocenters. The van der Waals surface area contributed by atoms with Gasteiger partial charge in [-0.15, -0.1) is 11.8 Å². The number of carboxylic acid groups (broad SMARTS) is 1. The monoisotopic (exact) mass is 249 g/mol. The minimum absolute atomic E-state index is 0.120. The van der Waals surface area contributed by atoms with E-state index in [1.54, 1.807) is 31.1 Å². The van der Waals surface area contributed by atoms with Gasteiger partial charge in [-0.05, 0) is 19.2 Å². The molecule has 0 fully saturated rings. The van der Waals surface area contributed by atoms with Crippen LogP contribution in [-0.4, -0.2) is 32.3 Å². The van der Waals surface area contributed by atoms with Gasteiger partial charge in [-0.1, -0.05) is 0 Å². The van der Waals surface area contributed by atoms with Gasteiger partial charge in [-0.25, -0.2) is 9.78 Å². The molecule has 5 nitrogen and oxygen atoms in total. The molecule has 0 saturated heterocycles. The summed E-state index contributed by atoms with van der Waals surface area (Å²) < 4.78 is 0. The molecule has 0 bridgehead atoms. The summed E-state index contributed by atoms with van der Waals surface area (Å²) in [4.78, 5) is 23.0. The number of aryl methyl sites for hydroxylation is 1. The zero-order valence-electron chi connectivity index (χ0n) is 9.39. The molecule has 0 saturated carbocycles. The van der Waals surface area contributed by atoms with Gasteiger partial charge in [0.1, 0.15) is 11.5 Å². The normalized spacial score (nSPS) is 10.5. The predicted octanol–water partition coefficient (Wildman–Crippen LogP) is 2.20. The molecule has 0 amide bonds. The third kappa shape index (κ3) is 2.31. The van der Waals surface area contributed by atoms with Crippen LogP contribution in [0.4, 0.5) is 0 Å². The summed E-state index contributed by atoms with van der Waals surface area (Å²) in [5.74, 6) is -0.474. The van der Waals surface area contributed by atoms with Crippen molar-refractivity contribution < 1.29 is 9.90 Å². The van der Waals surface area contributed by atoms with Crippen LogP contribution in [0.2, 0.25) is 0 Å². The number of nitrogens with zero attached hydrogens (tertiary/aromatic N) is 2. The van der Waals surface area contributed by atoms with Gasteiger partial charge in [-0.3, -0.25) is 4.98 Å². The molecule has 0 aliphatic carbocycles. The third-order valence-electron chi connectivity index (χ3n) is 2.32. The number of carboxylic acids is 1. The number of carbonyl (C=O) groups is 1. The highest BCUT2D eigenvalue weighted by molar-refractivity contribution is 7.98. The lowest BCUT2D eigenvalue weighted by Gasteiger charge is -1.98. The van der Waals surface area contributed by atoms with Gasteiger partial charge in [0.25, 0.3) is 0 Å². The first-order valence-electron chi connectivity index (χ1n) is 4.91. The molecule has 0 aromatic carbocycles. The Morgan fingerprint density at radius 1 is 1.47 bits per heavy atom. The smallest absolute Gasteiger partial charge is 0.354 e. The van der Waals surface area contributed by atoms with Crippen LogP contribution in [0.1, 0.15) is 16.2 Å². The Balaban J connectivity index is 2.46. The number of aromatic amines is 1. The van der Waals surface area contributed by atoms with Crippen molar-refractivity contribution in [3.8, 4) is 11.4 Å². The Bertz CT molecular complexity index is 566. The summed E-state index contributed by atoms with van der Waals surface area (Å²) in [5, 5.41) is 8.94. The van der Waals surface area contributed by atoms with Gasteiger partial charge in [0.2, 0.25) is 0 Å². The van der Waals surface area contributed by atoms with E-state index in [1.807, 2.05) is 12.3 Å². The topological polar surface area (TPSA) is 78.9 Å². The fourth-order valence-corrected chi connectivity index (χ4v) is 1.88. The first-order chi connectivity index (χ1) is 8.11. The second-order valence-corrected chi connectivity index (χ2v) is 4.34. The van der Waals surface area contributed by atoms with Crippen molar-refractivity contribution in [2.75, 3.05) is 6.26 Å². The van der Waals surface area contributed by atoms with Gasteiger partial charge in [0.05, 0.1) is 5.69 Å². The van der Waals surface area contributed by atoms with Crippen LogP contribution in [0.3, 0.4) is 0 Å². The second kappa shape index (κ2) is 4.58. The average Bonchev–Trinajstić information content (AvgIpc) is 2.71. The Kier molecular flexibility index (Phi) is 3.14. The van der Waals surface area contributed by atoms with Gasteiger partial charge < -0.3 is 10.1 Å². The molecule has 0 radical (unpaired) electrons. The van der Waals surface area contributed by atoms with E-state index in [4.69, 9.17) is 5.11 Å². The molecular weight excluding hydrogens is 238 g/mol. The molecule has 0 unspecified atom stereocenters. The van der Waals surface area contributed by atoms with Crippen LogP contribution in [0.15, 0.2) is 23.4 Å². The first kappa shape index (κ1) is 11.7. The van der Waals surface area contributed by atoms with Gasteiger partial charge >= 0.3 is 5.97 Å². The van der Waals surface area contributed by atoms with Crippen LogP contribution in [0.25, 0.3) is 11.4 Å². The second-order valence-electron chi connectivity index (χ2n) is 3.46. The number of aromatic carboxylic acids is 1. The van der Waals surface area contributed by atoms with E-state index < -0.39 is 5.97 Å². The number of aromatic nitrogens is 3. The summed E-state index contributed by atoms with van der Waals surface area (Å²) in [7, 11) is 0. The summed E-state index contributed by atoms with van der Waals surface area (Å²) in [6.45, 7) is 1.66. The van der Waals surface area contributed by atoms with Crippen molar-refractivity contribution in [2.45, 2.75) is 11.8 Å². The van der Waals surface area contributed by atoms with Crippen LogP contribution >= 0.6 is 11.8 Å². The molecule has 0 spiro atoms. The minimum atomic E-state index is -1.00. The van der Waals surface area contributed by atoms with Crippen LogP contribution in [-0.2, 0) is 0 Å². The van der Waals surface area contributed by atoms with Crippen molar-refractivity contribution in [1.29, 1.82) is 0 Å². The van der Waals surface area contributed by atoms with E-state index in [1.165, 1.54) is 0 Å². The van der Waals surface area contributed by atoms with Gasteiger partial charge in [0, 0.05) is 22.9 Å². The SMILES string of the molecule is CSc1cncc(-c2nc(C)c(C(=O)O)[nH]2)c1. The highest BCUT2D eigenvalue weighted by Crippen LogP contribution is 2.22. The number of rotatable bonds is 3. The number of nitrogens with one attached hydrogen (secondary N) is 1. The molecule has 0 aliphatic rings. The molecule has 6 heteroatoms. The molecule has 0 aliphatic heterocycles. The maximum Gasteiger partial charge on any atom is 0.354 e. The Labute approximate surface area is 102 Å². The Morgan fingerprint density at radius 2 is 2.24 bits per heavy atom. The lowest BCUT2D eigenvalue weighted by molar-refractivity contribution is 0.0690. The number of hydrogen-bond donors (Lipinski definition) is 2. The summed E-state index contributed by atoms with van der Waals surface area (Å²) >= 11 is 1.57. The van der Waals surface area contributed by atoms with Crippen LogP contribution < -0.4 is 0 Å². The highest BCUT2D eigenvalue weighted by Gasteiger charge is 2.14. The quantitative estimate of drug-likeness (QED) is 0.815. The summed E-state index contributed by atoms with van der Waals surface area (Å²) in [6.07, 6.45) is 5.36. The maximum atomic E-state index is 10.9. The van der Waals surface area contributed by atoms with E-state index in [9.17, 15) is 4.79 Å². The molecule has 2 heterocycles. The zero-order chi connectivity index (χ0) is 12.4. The molecule has 2 aromatic rings. The largest absolute Gasteiger partial charge is 0.477 e. The molecule has 17 heavy (non-hydrogen) atoms. The van der Waals surface area contributed by atoms with Gasteiger partial charge in [0.15, 0.2) is 0 Å². The lowest BCUT2D eigenvalue weighted by atomic mass is 10.3. The van der Waals surface area contributed by atoms with E-state index in [0.717, 1.165) is 10.5 Å². The molecule has 88 valence electrons. The van der Waals surface area contributed by atoms with E-state index >= 15 is 0 Å². The molecular formula is C11H11N3O2S. The average molecular weight is 249 g/mol. The molecule has 2 N–H and O–H groups in total. The standard InChI is InChI=1S/C11H11N3O2S/c1-6-9(11(15)16)14-10(13-6)7-3-8(17-2)5-12-4-7/h3-5H,1-2H3,(H,13,14)(H,15,16). The summed E-state index contributed by atoms with van der Waals surface area (Å²) in [6, 6.07) is 1.92. The molecule has 2 rings (SSSR count). The van der Waals surface area contributed by atoms with Crippen molar-refractivity contribution in [3.05, 3.63) is 29.8 Å². The zero-order valence-corrected chi connectivity index (χ0v) is 10.2. The Morgan fingerprint density at radius 3 is 2.82 bits per heavy atom. The number of H-pyrrole nitrogens is 1. The number of pyridine rings is 1. The number of hydrogen-bond acceptors (Lipinski definition) is 4. The first-order valence-corrected chi connectivity index (χ1v) is 6.13. The van der Waals surface area contributed by atoms with Crippen LogP contribution in [0, 0.1) is 6.92 Å². The predicted molar refractivity (Wildman–Crippen MR) is 65.3 cm³/mol. The van der Waals surface area contributed by atoms with Crippen molar-refractivity contribution >= 4 is 17.7 Å². The third-order valence-corrected chi connectivity index (χ3v) is 3.02. The lowest BCUT2D eigenvalue weighted by Crippen LogP contribution is -1.98. The summed E-state index contributed by atoms with van der Waals surface area (Å²) in [5.41, 5.74) is 1.38. The van der Waals surface area contributed by atoms with Gasteiger partial charge in [-0.2, -0.15) is 0 Å². The fraction of sp³-hybridized carbons (Fsp3) is 0.182. The minimum Gasteiger partial charge on any atom is -0.477 e. The maximum absolute atomic E-state index is 10.9.